The summed E-state index contributed by atoms with van der Waals surface area (Å²) in [7, 11) is 0. The van der Waals surface area contributed by atoms with Gasteiger partial charge in [-0.3, -0.25) is 9.69 Å². The molecule has 3 rings (SSSR count). The molecule has 9 nitrogen and oxygen atoms in total. The number of carbonyl (C=O) groups is 2. The number of rotatable bonds is 5. The molecule has 10 heteroatoms. The van der Waals surface area contributed by atoms with Gasteiger partial charge in [0.15, 0.2) is 17.3 Å². The van der Waals surface area contributed by atoms with Crippen LogP contribution in [0.15, 0.2) is 12.3 Å². The van der Waals surface area contributed by atoms with E-state index in [0.29, 0.717) is 5.00 Å². The van der Waals surface area contributed by atoms with Crippen molar-refractivity contribution in [2.24, 2.45) is 11.5 Å². The van der Waals surface area contributed by atoms with Crippen LogP contribution in [0, 0.1) is 6.92 Å². The van der Waals surface area contributed by atoms with Crippen LogP contribution in [0.1, 0.15) is 29.0 Å². The van der Waals surface area contributed by atoms with Crippen LogP contribution in [-0.2, 0) is 0 Å². The number of nitrogens with zero attached hydrogens (tertiary/aromatic N) is 4. The molecule has 1 saturated carbocycles. The van der Waals surface area contributed by atoms with Crippen molar-refractivity contribution in [3.63, 3.8) is 0 Å². The second kappa shape index (κ2) is 5.80. The summed E-state index contributed by atoms with van der Waals surface area (Å²) in [6.45, 7) is 1.85. The third kappa shape index (κ3) is 3.21. The van der Waals surface area contributed by atoms with Gasteiger partial charge in [0.05, 0.1) is 11.9 Å². The maximum atomic E-state index is 11.6. The largest absolute Gasteiger partial charge is 0.364 e. The fourth-order valence-electron chi connectivity index (χ4n) is 2.12. The summed E-state index contributed by atoms with van der Waals surface area (Å²) in [5.74, 6) is -0.260. The third-order valence-electron chi connectivity index (χ3n) is 3.26. The molecule has 0 aromatic carbocycles. The Morgan fingerprint density at radius 1 is 1.39 bits per heavy atom. The highest BCUT2D eigenvalue weighted by atomic mass is 32.1. The van der Waals surface area contributed by atoms with Gasteiger partial charge in [0, 0.05) is 6.04 Å². The van der Waals surface area contributed by atoms with Crippen LogP contribution >= 0.6 is 11.5 Å². The molecule has 2 aromatic rings. The zero-order chi connectivity index (χ0) is 16.6. The standard InChI is InChI=1S/C13H15N7O2S/c1-6-4-9(23-19-6)18-12-10(11(14)21)16-5-8(17-12)20(13(15)22)7-2-3-7/h4-5,7H,2-3H2,1H3,(H2,14,21)(H2,15,22)(H,17,18). The van der Waals surface area contributed by atoms with Gasteiger partial charge < -0.3 is 16.8 Å². The van der Waals surface area contributed by atoms with Crippen LogP contribution in [0.4, 0.5) is 21.4 Å². The molecule has 0 aliphatic heterocycles. The zero-order valence-corrected chi connectivity index (χ0v) is 13.1. The van der Waals surface area contributed by atoms with Crippen molar-refractivity contribution in [3.8, 4) is 0 Å². The molecule has 2 aromatic heterocycles. The Bertz CT molecular complexity index is 771. The number of amides is 3. The number of urea groups is 1. The Hall–Kier alpha value is -2.75. The average molecular weight is 333 g/mol. The summed E-state index contributed by atoms with van der Waals surface area (Å²) in [5.41, 5.74) is 11.6. The number of hydrogen-bond acceptors (Lipinski definition) is 7. The predicted molar refractivity (Wildman–Crippen MR) is 85.8 cm³/mol. The summed E-state index contributed by atoms with van der Waals surface area (Å²) in [6.07, 6.45) is 3.05. The Balaban J connectivity index is 1.98. The Morgan fingerprint density at radius 3 is 2.65 bits per heavy atom. The van der Waals surface area contributed by atoms with E-state index in [1.54, 1.807) is 6.07 Å². The minimum atomic E-state index is -0.718. The maximum absolute atomic E-state index is 11.6. The van der Waals surface area contributed by atoms with Gasteiger partial charge >= 0.3 is 6.03 Å². The number of nitrogens with one attached hydrogen (secondary N) is 1. The molecule has 3 amide bonds. The normalized spacial score (nSPS) is 13.6. The summed E-state index contributed by atoms with van der Waals surface area (Å²) in [5, 5.41) is 3.66. The van der Waals surface area contributed by atoms with Crippen molar-refractivity contribution in [2.75, 3.05) is 10.2 Å². The van der Waals surface area contributed by atoms with E-state index in [2.05, 4.69) is 19.7 Å². The van der Waals surface area contributed by atoms with Gasteiger partial charge in [-0.2, -0.15) is 4.37 Å². The number of hydrogen-bond donors (Lipinski definition) is 3. The fraction of sp³-hybridized carbons (Fsp3) is 0.308. The number of anilines is 3. The molecule has 1 aliphatic carbocycles. The highest BCUT2D eigenvalue weighted by molar-refractivity contribution is 7.10. The molecule has 5 N–H and O–H groups in total. The quantitative estimate of drug-likeness (QED) is 0.749. The van der Waals surface area contributed by atoms with E-state index in [0.717, 1.165) is 18.5 Å². The van der Waals surface area contributed by atoms with Crippen molar-refractivity contribution in [1.82, 2.24) is 14.3 Å². The number of aryl methyl sites for hydroxylation is 1. The van der Waals surface area contributed by atoms with Crippen molar-refractivity contribution in [3.05, 3.63) is 23.7 Å². The first-order valence-corrected chi connectivity index (χ1v) is 7.69. The van der Waals surface area contributed by atoms with Gasteiger partial charge in [-0.1, -0.05) is 0 Å². The maximum Gasteiger partial charge on any atom is 0.320 e. The van der Waals surface area contributed by atoms with Gasteiger partial charge in [-0.25, -0.2) is 14.8 Å². The van der Waals surface area contributed by atoms with E-state index in [9.17, 15) is 9.59 Å². The van der Waals surface area contributed by atoms with Crippen LogP contribution in [0.3, 0.4) is 0 Å². The Labute approximate surface area is 135 Å². The lowest BCUT2D eigenvalue weighted by Crippen LogP contribution is -2.38. The number of carbonyl (C=O) groups excluding carboxylic acids is 2. The van der Waals surface area contributed by atoms with E-state index < -0.39 is 11.9 Å². The molecule has 2 heterocycles. The SMILES string of the molecule is Cc1cc(Nc2nc(N(C(N)=O)C3CC3)cnc2C(N)=O)sn1. The molecule has 0 unspecified atom stereocenters. The van der Waals surface area contributed by atoms with Crippen LogP contribution in [0.5, 0.6) is 0 Å². The van der Waals surface area contributed by atoms with Crippen molar-refractivity contribution < 1.29 is 9.59 Å². The van der Waals surface area contributed by atoms with Crippen LogP contribution < -0.4 is 21.7 Å². The first-order valence-electron chi connectivity index (χ1n) is 6.91. The monoisotopic (exact) mass is 333 g/mol. The highest BCUT2D eigenvalue weighted by Crippen LogP contribution is 2.31. The molecule has 120 valence electrons. The van der Waals surface area contributed by atoms with Gasteiger partial charge in [0.2, 0.25) is 0 Å². The predicted octanol–water partition coefficient (Wildman–Crippen LogP) is 1.13. The Morgan fingerprint density at radius 2 is 2.13 bits per heavy atom. The minimum absolute atomic E-state index is 0.0139. The number of primary amides is 2. The molecule has 1 fully saturated rings. The second-order valence-electron chi connectivity index (χ2n) is 5.19. The molecule has 23 heavy (non-hydrogen) atoms. The zero-order valence-electron chi connectivity index (χ0n) is 12.3. The van der Waals surface area contributed by atoms with Crippen molar-refractivity contribution in [2.45, 2.75) is 25.8 Å². The van der Waals surface area contributed by atoms with E-state index in [4.69, 9.17) is 11.5 Å². The van der Waals surface area contributed by atoms with E-state index in [1.165, 1.54) is 22.6 Å². The fourth-order valence-corrected chi connectivity index (χ4v) is 2.78. The molecule has 0 saturated heterocycles. The average Bonchev–Trinajstić information content (AvgIpc) is 3.21. The first-order chi connectivity index (χ1) is 11.0. The van der Waals surface area contributed by atoms with Gasteiger partial charge in [0.25, 0.3) is 5.91 Å². The molecule has 0 bridgehead atoms. The van der Waals surface area contributed by atoms with E-state index in [-0.39, 0.29) is 23.4 Å². The Kier molecular flexibility index (Phi) is 3.82. The summed E-state index contributed by atoms with van der Waals surface area (Å²) in [4.78, 5) is 32.9. The highest BCUT2D eigenvalue weighted by Gasteiger charge is 2.34. The second-order valence-corrected chi connectivity index (χ2v) is 5.99. The molecule has 0 spiro atoms. The van der Waals surface area contributed by atoms with Gasteiger partial charge in [-0.15, -0.1) is 0 Å². The number of aromatic nitrogens is 3. The van der Waals surface area contributed by atoms with Gasteiger partial charge in [0.1, 0.15) is 5.00 Å². The molecular weight excluding hydrogens is 318 g/mol. The minimum Gasteiger partial charge on any atom is -0.364 e. The van der Waals surface area contributed by atoms with Crippen molar-refractivity contribution >= 4 is 40.1 Å². The lowest BCUT2D eigenvalue weighted by Gasteiger charge is -2.19. The van der Waals surface area contributed by atoms with Crippen LogP contribution in [-0.4, -0.2) is 32.3 Å². The lowest BCUT2D eigenvalue weighted by atomic mass is 10.3. The van der Waals surface area contributed by atoms with Crippen molar-refractivity contribution in [1.29, 1.82) is 0 Å². The number of nitrogens with two attached hydrogens (primary N) is 2. The van der Waals surface area contributed by atoms with Crippen LogP contribution in [0.25, 0.3) is 0 Å². The third-order valence-corrected chi connectivity index (χ3v) is 4.05. The molecule has 1 aliphatic rings. The van der Waals surface area contributed by atoms with Crippen LogP contribution in [0.2, 0.25) is 0 Å². The molecule has 0 radical (unpaired) electrons. The summed E-state index contributed by atoms with van der Waals surface area (Å²) in [6, 6.07) is 1.23. The molecular formula is C13H15N7O2S. The smallest absolute Gasteiger partial charge is 0.320 e. The lowest BCUT2D eigenvalue weighted by molar-refractivity contribution is 0.0996. The summed E-state index contributed by atoms with van der Waals surface area (Å²) >= 11 is 1.22. The molecule has 0 atom stereocenters. The van der Waals surface area contributed by atoms with Gasteiger partial charge in [-0.05, 0) is 37.4 Å². The van der Waals surface area contributed by atoms with E-state index in [1.807, 2.05) is 6.92 Å². The van der Waals surface area contributed by atoms with E-state index >= 15 is 0 Å². The first kappa shape index (κ1) is 15.2. The topological polar surface area (TPSA) is 140 Å². The summed E-state index contributed by atoms with van der Waals surface area (Å²) < 4.78 is 4.14.